The molecule has 0 saturated carbocycles. The molecule has 18 heavy (non-hydrogen) atoms. The fourth-order valence-electron chi connectivity index (χ4n) is 1.84. The molecule has 1 aromatic heterocycles. The van der Waals surface area contributed by atoms with Crippen LogP contribution in [0.15, 0.2) is 30.5 Å². The van der Waals surface area contributed by atoms with Gasteiger partial charge in [-0.15, -0.1) is 0 Å². The van der Waals surface area contributed by atoms with Crippen LogP contribution < -0.4 is 5.32 Å². The van der Waals surface area contributed by atoms with Crippen LogP contribution in [0.3, 0.4) is 0 Å². The molecule has 4 heteroatoms. The van der Waals surface area contributed by atoms with Crippen molar-refractivity contribution >= 4 is 5.69 Å². The van der Waals surface area contributed by atoms with Crippen LogP contribution in [-0.4, -0.2) is 4.57 Å². The van der Waals surface area contributed by atoms with E-state index in [2.05, 4.69) is 11.4 Å². The third kappa shape index (κ3) is 2.35. The molecule has 0 atom stereocenters. The predicted octanol–water partition coefficient (Wildman–Crippen LogP) is 2.96. The van der Waals surface area contributed by atoms with Gasteiger partial charge in [-0.2, -0.15) is 5.26 Å². The molecule has 1 aromatic carbocycles. The number of nitrogens with one attached hydrogen (secondary N) is 1. The first kappa shape index (κ1) is 12.2. The second-order valence-electron chi connectivity index (χ2n) is 4.22. The van der Waals surface area contributed by atoms with E-state index in [0.717, 1.165) is 11.3 Å². The van der Waals surface area contributed by atoms with Gasteiger partial charge in [-0.3, -0.25) is 0 Å². The molecular formula is C14H14FN3. The van der Waals surface area contributed by atoms with Crippen molar-refractivity contribution in [2.24, 2.45) is 7.05 Å². The number of benzene rings is 1. The Kier molecular flexibility index (Phi) is 3.33. The first-order chi connectivity index (χ1) is 8.61. The van der Waals surface area contributed by atoms with E-state index in [4.69, 9.17) is 5.26 Å². The van der Waals surface area contributed by atoms with Crippen LogP contribution in [0, 0.1) is 24.1 Å². The van der Waals surface area contributed by atoms with Crippen molar-refractivity contribution in [2.45, 2.75) is 13.5 Å². The van der Waals surface area contributed by atoms with Crippen LogP contribution in [-0.2, 0) is 13.6 Å². The minimum absolute atomic E-state index is 0.217. The van der Waals surface area contributed by atoms with Gasteiger partial charge in [-0.05, 0) is 30.7 Å². The Morgan fingerprint density at radius 3 is 2.89 bits per heavy atom. The van der Waals surface area contributed by atoms with Crippen LogP contribution in [0.5, 0.6) is 0 Å². The second kappa shape index (κ2) is 4.92. The summed E-state index contributed by atoms with van der Waals surface area (Å²) in [5.41, 5.74) is 2.99. The van der Waals surface area contributed by atoms with Crippen molar-refractivity contribution in [3.63, 3.8) is 0 Å². The van der Waals surface area contributed by atoms with Crippen LogP contribution in [0.1, 0.15) is 16.8 Å². The fourth-order valence-corrected chi connectivity index (χ4v) is 1.84. The Hall–Kier alpha value is -2.28. The topological polar surface area (TPSA) is 40.8 Å². The highest BCUT2D eigenvalue weighted by molar-refractivity contribution is 5.51. The summed E-state index contributed by atoms with van der Waals surface area (Å²) < 4.78 is 15.1. The zero-order valence-corrected chi connectivity index (χ0v) is 10.4. The molecule has 0 saturated heterocycles. The summed E-state index contributed by atoms with van der Waals surface area (Å²) in [6.07, 6.45) is 1.89. The van der Waals surface area contributed by atoms with Gasteiger partial charge in [0.1, 0.15) is 17.6 Å². The van der Waals surface area contributed by atoms with E-state index >= 15 is 0 Å². The molecule has 2 aromatic rings. The van der Waals surface area contributed by atoms with Gasteiger partial charge in [-0.25, -0.2) is 4.39 Å². The quantitative estimate of drug-likeness (QED) is 0.900. The molecule has 1 heterocycles. The van der Waals surface area contributed by atoms with Crippen LogP contribution in [0.2, 0.25) is 0 Å². The molecule has 0 bridgehead atoms. The number of aromatic nitrogens is 1. The first-order valence-electron chi connectivity index (χ1n) is 5.66. The van der Waals surface area contributed by atoms with E-state index in [-0.39, 0.29) is 5.82 Å². The molecule has 0 unspecified atom stereocenters. The van der Waals surface area contributed by atoms with Gasteiger partial charge < -0.3 is 9.88 Å². The lowest BCUT2D eigenvalue weighted by atomic mass is 10.2. The van der Waals surface area contributed by atoms with Crippen molar-refractivity contribution in [3.05, 3.63) is 53.1 Å². The Balaban J connectivity index is 2.12. The van der Waals surface area contributed by atoms with Crippen LogP contribution >= 0.6 is 0 Å². The van der Waals surface area contributed by atoms with Crippen molar-refractivity contribution in [1.29, 1.82) is 5.26 Å². The summed E-state index contributed by atoms with van der Waals surface area (Å²) >= 11 is 0. The lowest BCUT2D eigenvalue weighted by Gasteiger charge is -2.08. The van der Waals surface area contributed by atoms with Gasteiger partial charge >= 0.3 is 0 Å². The molecule has 1 N–H and O–H groups in total. The number of nitrogens with zero attached hydrogens (tertiary/aromatic N) is 2. The Labute approximate surface area is 105 Å². The maximum absolute atomic E-state index is 13.3. The van der Waals surface area contributed by atoms with E-state index in [9.17, 15) is 4.39 Å². The molecule has 2 rings (SSSR count). The molecule has 0 spiro atoms. The minimum atomic E-state index is -0.217. The number of aryl methyl sites for hydroxylation is 1. The molecular weight excluding hydrogens is 229 g/mol. The van der Waals surface area contributed by atoms with E-state index in [1.54, 1.807) is 17.6 Å². The number of rotatable bonds is 3. The van der Waals surface area contributed by atoms with E-state index in [0.29, 0.717) is 17.8 Å². The van der Waals surface area contributed by atoms with Gasteiger partial charge in [0.25, 0.3) is 0 Å². The zero-order valence-electron chi connectivity index (χ0n) is 10.4. The Morgan fingerprint density at radius 1 is 1.44 bits per heavy atom. The van der Waals surface area contributed by atoms with Gasteiger partial charge in [0.05, 0.1) is 0 Å². The number of nitriles is 1. The van der Waals surface area contributed by atoms with Crippen molar-refractivity contribution in [2.75, 3.05) is 5.32 Å². The zero-order chi connectivity index (χ0) is 13.1. The third-order valence-electron chi connectivity index (χ3n) is 2.93. The average molecular weight is 243 g/mol. The molecule has 0 aliphatic rings. The van der Waals surface area contributed by atoms with Gasteiger partial charge in [0.15, 0.2) is 0 Å². The van der Waals surface area contributed by atoms with E-state index < -0.39 is 0 Å². The largest absolute Gasteiger partial charge is 0.381 e. The number of hydrogen-bond donors (Lipinski definition) is 1. The van der Waals surface area contributed by atoms with Gasteiger partial charge in [0.2, 0.25) is 0 Å². The van der Waals surface area contributed by atoms with Crippen LogP contribution in [0.4, 0.5) is 10.1 Å². The smallest absolute Gasteiger partial charge is 0.128 e. The summed E-state index contributed by atoms with van der Waals surface area (Å²) in [6.45, 7) is 2.31. The normalized spacial score (nSPS) is 10.1. The van der Waals surface area contributed by atoms with Crippen molar-refractivity contribution < 1.29 is 4.39 Å². The Bertz CT molecular complexity index is 608. The summed E-state index contributed by atoms with van der Waals surface area (Å²) in [6, 6.07) is 8.89. The highest BCUT2D eigenvalue weighted by Crippen LogP contribution is 2.18. The lowest BCUT2D eigenvalue weighted by Crippen LogP contribution is -2.01. The van der Waals surface area contributed by atoms with Gasteiger partial charge in [-0.1, -0.05) is 6.07 Å². The van der Waals surface area contributed by atoms with E-state index in [1.807, 2.05) is 25.4 Å². The maximum atomic E-state index is 13.3. The first-order valence-corrected chi connectivity index (χ1v) is 5.66. The summed E-state index contributed by atoms with van der Waals surface area (Å²) in [4.78, 5) is 0. The SMILES string of the molecule is Cc1c(F)cccc1NCc1cc(C#N)n(C)c1. The average Bonchev–Trinajstić information content (AvgIpc) is 2.72. The van der Waals surface area contributed by atoms with Gasteiger partial charge in [0, 0.05) is 31.0 Å². The van der Waals surface area contributed by atoms with E-state index in [1.165, 1.54) is 6.07 Å². The molecule has 92 valence electrons. The standard InChI is InChI=1S/C14H14FN3/c1-10-13(15)4-3-5-14(10)17-8-11-6-12(7-16)18(2)9-11/h3-6,9,17H,8H2,1-2H3. The molecule has 0 radical (unpaired) electrons. The third-order valence-corrected chi connectivity index (χ3v) is 2.93. The van der Waals surface area contributed by atoms with Crippen molar-refractivity contribution in [3.8, 4) is 6.07 Å². The van der Waals surface area contributed by atoms with Crippen molar-refractivity contribution in [1.82, 2.24) is 4.57 Å². The highest BCUT2D eigenvalue weighted by Gasteiger charge is 2.05. The summed E-state index contributed by atoms with van der Waals surface area (Å²) in [7, 11) is 1.83. The monoisotopic (exact) mass is 243 g/mol. The minimum Gasteiger partial charge on any atom is -0.381 e. The number of halogens is 1. The molecule has 0 aliphatic heterocycles. The molecule has 0 aliphatic carbocycles. The lowest BCUT2D eigenvalue weighted by molar-refractivity contribution is 0.619. The predicted molar refractivity (Wildman–Crippen MR) is 68.6 cm³/mol. The second-order valence-corrected chi connectivity index (χ2v) is 4.22. The molecule has 3 nitrogen and oxygen atoms in total. The molecule has 0 fully saturated rings. The Morgan fingerprint density at radius 2 is 2.22 bits per heavy atom. The molecule has 0 amide bonds. The van der Waals surface area contributed by atoms with Crippen LogP contribution in [0.25, 0.3) is 0 Å². The highest BCUT2D eigenvalue weighted by atomic mass is 19.1. The fraction of sp³-hybridized carbons (Fsp3) is 0.214. The number of hydrogen-bond acceptors (Lipinski definition) is 2. The summed E-state index contributed by atoms with van der Waals surface area (Å²) in [5.74, 6) is -0.217. The maximum Gasteiger partial charge on any atom is 0.128 e. The number of anilines is 1. The summed E-state index contributed by atoms with van der Waals surface area (Å²) in [5, 5.41) is 12.0.